The molecule has 6 nitrogen and oxygen atoms in total. The Morgan fingerprint density at radius 3 is 2.45 bits per heavy atom. The zero-order chi connectivity index (χ0) is 15.0. The highest BCUT2D eigenvalue weighted by atomic mass is 16.4. The summed E-state index contributed by atoms with van der Waals surface area (Å²) in [4.78, 5) is 24.1. The third-order valence-corrected chi connectivity index (χ3v) is 2.56. The molecule has 0 radical (unpaired) electrons. The lowest BCUT2D eigenvalue weighted by Gasteiger charge is -2.18. The molecule has 0 heterocycles. The van der Waals surface area contributed by atoms with Crippen molar-refractivity contribution in [2.45, 2.75) is 13.3 Å². The fourth-order valence-electron chi connectivity index (χ4n) is 1.75. The number of carbonyl (C=O) groups excluding carboxylic acids is 1. The summed E-state index contributed by atoms with van der Waals surface area (Å²) in [5, 5.41) is 20.1. The standard InChI is InChI=1S/C14H17N3O3/c1-2-7-17(10-14(19)20)9-13(18)16-12-5-3-11(8-15)4-6-12/h3-6H,2,7,9-10H2,1H3,(H,16,18)(H,19,20). The molecule has 106 valence electrons. The Morgan fingerprint density at radius 2 is 1.95 bits per heavy atom. The summed E-state index contributed by atoms with van der Waals surface area (Å²) in [5.74, 6) is -1.23. The van der Waals surface area contributed by atoms with Crippen LogP contribution in [-0.4, -0.2) is 41.5 Å². The van der Waals surface area contributed by atoms with Crippen molar-refractivity contribution in [2.75, 3.05) is 25.0 Å². The van der Waals surface area contributed by atoms with E-state index in [4.69, 9.17) is 10.4 Å². The van der Waals surface area contributed by atoms with E-state index in [2.05, 4.69) is 5.32 Å². The molecule has 6 heteroatoms. The van der Waals surface area contributed by atoms with Gasteiger partial charge in [0.25, 0.3) is 0 Å². The molecule has 1 aromatic rings. The molecule has 1 amide bonds. The summed E-state index contributed by atoms with van der Waals surface area (Å²) in [6.07, 6.45) is 0.775. The maximum Gasteiger partial charge on any atom is 0.317 e. The van der Waals surface area contributed by atoms with Crippen molar-refractivity contribution in [3.05, 3.63) is 29.8 Å². The Balaban J connectivity index is 2.55. The molecule has 0 spiro atoms. The first-order chi connectivity index (χ1) is 9.55. The highest BCUT2D eigenvalue weighted by Crippen LogP contribution is 2.08. The third kappa shape index (κ3) is 5.50. The van der Waals surface area contributed by atoms with E-state index in [0.29, 0.717) is 17.8 Å². The number of anilines is 1. The number of carboxylic acid groups (broad SMARTS) is 1. The van der Waals surface area contributed by atoms with Gasteiger partial charge >= 0.3 is 5.97 Å². The summed E-state index contributed by atoms with van der Waals surface area (Å²) in [7, 11) is 0. The fraction of sp³-hybridized carbons (Fsp3) is 0.357. The van der Waals surface area contributed by atoms with Crippen LogP contribution in [0.3, 0.4) is 0 Å². The van der Waals surface area contributed by atoms with E-state index in [1.165, 1.54) is 0 Å². The van der Waals surface area contributed by atoms with Gasteiger partial charge in [0.1, 0.15) is 0 Å². The molecule has 0 aliphatic heterocycles. The molecular formula is C14H17N3O3. The van der Waals surface area contributed by atoms with E-state index in [9.17, 15) is 9.59 Å². The van der Waals surface area contributed by atoms with Crippen molar-refractivity contribution >= 4 is 17.6 Å². The minimum Gasteiger partial charge on any atom is -0.480 e. The van der Waals surface area contributed by atoms with Crippen LogP contribution in [0.2, 0.25) is 0 Å². The van der Waals surface area contributed by atoms with Crippen molar-refractivity contribution in [1.29, 1.82) is 5.26 Å². The molecule has 0 aromatic heterocycles. The van der Waals surface area contributed by atoms with Gasteiger partial charge < -0.3 is 10.4 Å². The molecule has 0 saturated carbocycles. The van der Waals surface area contributed by atoms with E-state index in [1.54, 1.807) is 29.2 Å². The lowest BCUT2D eigenvalue weighted by Crippen LogP contribution is -2.37. The second kappa shape index (κ2) is 7.92. The van der Waals surface area contributed by atoms with Gasteiger partial charge in [0, 0.05) is 5.69 Å². The average Bonchev–Trinajstić information content (AvgIpc) is 2.39. The molecule has 0 unspecified atom stereocenters. The Bertz CT molecular complexity index is 505. The summed E-state index contributed by atoms with van der Waals surface area (Å²) < 4.78 is 0. The highest BCUT2D eigenvalue weighted by Gasteiger charge is 2.13. The number of nitriles is 1. The molecule has 0 bridgehead atoms. The predicted molar refractivity (Wildman–Crippen MR) is 74.2 cm³/mol. The predicted octanol–water partition coefficient (Wildman–Crippen LogP) is 1.29. The Hall–Kier alpha value is -2.39. The van der Waals surface area contributed by atoms with E-state index < -0.39 is 5.97 Å². The number of carboxylic acids is 1. The van der Waals surface area contributed by atoms with Crippen LogP contribution in [0.25, 0.3) is 0 Å². The van der Waals surface area contributed by atoms with Gasteiger partial charge in [-0.3, -0.25) is 14.5 Å². The number of hydrogen-bond donors (Lipinski definition) is 2. The summed E-state index contributed by atoms with van der Waals surface area (Å²) in [6.45, 7) is 2.34. The normalized spacial score (nSPS) is 10.1. The highest BCUT2D eigenvalue weighted by molar-refractivity contribution is 5.92. The number of hydrogen-bond acceptors (Lipinski definition) is 4. The minimum atomic E-state index is -0.954. The lowest BCUT2D eigenvalue weighted by molar-refractivity contribution is -0.138. The molecule has 0 aliphatic carbocycles. The molecule has 1 rings (SSSR count). The maximum atomic E-state index is 11.8. The zero-order valence-electron chi connectivity index (χ0n) is 11.3. The van der Waals surface area contributed by atoms with E-state index in [0.717, 1.165) is 6.42 Å². The first-order valence-electron chi connectivity index (χ1n) is 6.29. The van der Waals surface area contributed by atoms with Crippen molar-refractivity contribution in [3.8, 4) is 6.07 Å². The number of aliphatic carboxylic acids is 1. The quantitative estimate of drug-likeness (QED) is 0.782. The van der Waals surface area contributed by atoms with Crippen LogP contribution < -0.4 is 5.32 Å². The summed E-state index contributed by atoms with van der Waals surface area (Å²) in [6, 6.07) is 8.48. The van der Waals surface area contributed by atoms with Gasteiger partial charge in [-0.1, -0.05) is 6.92 Å². The molecule has 0 atom stereocenters. The first-order valence-corrected chi connectivity index (χ1v) is 6.29. The third-order valence-electron chi connectivity index (χ3n) is 2.56. The van der Waals surface area contributed by atoms with Gasteiger partial charge in [-0.25, -0.2) is 0 Å². The minimum absolute atomic E-state index is 0.0279. The van der Waals surface area contributed by atoms with Crippen LogP contribution >= 0.6 is 0 Å². The van der Waals surface area contributed by atoms with Crippen LogP contribution in [0.15, 0.2) is 24.3 Å². The van der Waals surface area contributed by atoms with E-state index in [1.807, 2.05) is 13.0 Å². The van der Waals surface area contributed by atoms with E-state index >= 15 is 0 Å². The maximum absolute atomic E-state index is 11.8. The van der Waals surface area contributed by atoms with Gasteiger partial charge in [-0.05, 0) is 37.2 Å². The number of amides is 1. The Labute approximate surface area is 117 Å². The molecule has 1 aromatic carbocycles. The number of nitrogens with one attached hydrogen (secondary N) is 1. The monoisotopic (exact) mass is 275 g/mol. The molecular weight excluding hydrogens is 258 g/mol. The van der Waals surface area contributed by atoms with Crippen molar-refractivity contribution in [2.24, 2.45) is 0 Å². The smallest absolute Gasteiger partial charge is 0.317 e. The number of nitrogens with zero attached hydrogens (tertiary/aromatic N) is 2. The van der Waals surface area contributed by atoms with Gasteiger partial charge in [0.2, 0.25) is 5.91 Å². The van der Waals surface area contributed by atoms with Crippen LogP contribution in [0, 0.1) is 11.3 Å². The Kier molecular flexibility index (Phi) is 6.20. The van der Waals surface area contributed by atoms with Crippen LogP contribution in [0.5, 0.6) is 0 Å². The van der Waals surface area contributed by atoms with Gasteiger partial charge in [-0.2, -0.15) is 5.26 Å². The largest absolute Gasteiger partial charge is 0.480 e. The van der Waals surface area contributed by atoms with Crippen LogP contribution in [-0.2, 0) is 9.59 Å². The summed E-state index contributed by atoms with van der Waals surface area (Å²) >= 11 is 0. The molecule has 0 saturated heterocycles. The topological polar surface area (TPSA) is 93.4 Å². The summed E-state index contributed by atoms with van der Waals surface area (Å²) in [5.41, 5.74) is 1.10. The molecule has 20 heavy (non-hydrogen) atoms. The number of benzene rings is 1. The average molecular weight is 275 g/mol. The lowest BCUT2D eigenvalue weighted by atomic mass is 10.2. The van der Waals surface area contributed by atoms with Crippen LogP contribution in [0.4, 0.5) is 5.69 Å². The van der Waals surface area contributed by atoms with Gasteiger partial charge in [-0.15, -0.1) is 0 Å². The second-order valence-electron chi connectivity index (χ2n) is 4.34. The molecule has 2 N–H and O–H groups in total. The van der Waals surface area contributed by atoms with Crippen molar-refractivity contribution in [3.63, 3.8) is 0 Å². The molecule has 0 fully saturated rings. The number of carbonyl (C=O) groups is 2. The molecule has 0 aliphatic rings. The fourth-order valence-corrected chi connectivity index (χ4v) is 1.75. The van der Waals surface area contributed by atoms with Crippen molar-refractivity contribution in [1.82, 2.24) is 4.90 Å². The van der Waals surface area contributed by atoms with Crippen molar-refractivity contribution < 1.29 is 14.7 Å². The first kappa shape index (κ1) is 15.7. The zero-order valence-corrected chi connectivity index (χ0v) is 11.3. The van der Waals surface area contributed by atoms with Gasteiger partial charge in [0.05, 0.1) is 24.7 Å². The second-order valence-corrected chi connectivity index (χ2v) is 4.34. The Morgan fingerprint density at radius 1 is 1.30 bits per heavy atom. The number of rotatable bonds is 7. The van der Waals surface area contributed by atoms with Gasteiger partial charge in [0.15, 0.2) is 0 Å². The van der Waals surface area contributed by atoms with E-state index in [-0.39, 0.29) is 19.0 Å². The SMILES string of the molecule is CCCN(CC(=O)O)CC(=O)Nc1ccc(C#N)cc1. The van der Waals surface area contributed by atoms with Crippen LogP contribution in [0.1, 0.15) is 18.9 Å².